The maximum absolute atomic E-state index is 2.47. The van der Waals surface area contributed by atoms with Gasteiger partial charge in [0.2, 0.25) is 0 Å². The average Bonchev–Trinajstić information content (AvgIpc) is 3.45. The van der Waals surface area contributed by atoms with Crippen molar-refractivity contribution in [3.05, 3.63) is 118 Å². The molecule has 3 aromatic carbocycles. The van der Waals surface area contributed by atoms with Crippen LogP contribution in [0.4, 0.5) is 0 Å². The summed E-state index contributed by atoms with van der Waals surface area (Å²) in [5.41, 5.74) is 11.7. The summed E-state index contributed by atoms with van der Waals surface area (Å²) in [4.78, 5) is 0. The Morgan fingerprint density at radius 1 is 0.647 bits per heavy atom. The Balaban J connectivity index is 1.80. The van der Waals surface area contributed by atoms with Gasteiger partial charge in [-0.25, -0.2) is 0 Å². The lowest BCUT2D eigenvalue weighted by Gasteiger charge is -2.41. The van der Waals surface area contributed by atoms with Gasteiger partial charge in [-0.15, -0.1) is 0 Å². The smallest absolute Gasteiger partial charge is 0.0278 e. The number of allylic oxidation sites excluding steroid dienone is 4. The van der Waals surface area contributed by atoms with Gasteiger partial charge in [-0.05, 0) is 61.8 Å². The van der Waals surface area contributed by atoms with Crippen molar-refractivity contribution in [2.45, 2.75) is 71.1 Å². The fourth-order valence-corrected chi connectivity index (χ4v) is 6.07. The van der Waals surface area contributed by atoms with Gasteiger partial charge in [0.1, 0.15) is 0 Å². The van der Waals surface area contributed by atoms with Crippen LogP contribution in [-0.2, 0) is 22.7 Å². The molecule has 3 aromatic rings. The zero-order valence-corrected chi connectivity index (χ0v) is 21.9. The van der Waals surface area contributed by atoms with Crippen LogP contribution in [0.3, 0.4) is 0 Å². The first-order valence-electron chi connectivity index (χ1n) is 12.7. The summed E-state index contributed by atoms with van der Waals surface area (Å²) >= 11 is 0. The highest BCUT2D eigenvalue weighted by atomic mass is 14.5. The largest absolute Gasteiger partial charge is 0.0764 e. The summed E-state index contributed by atoms with van der Waals surface area (Å²) in [7, 11) is 0. The Kier molecular flexibility index (Phi) is 5.28. The number of hydrogen-bond donors (Lipinski definition) is 0. The standard InChI is InChI=1S/C34H38/c1-32(2,3)26-17-18-27-23(21-26)22-29-28(27)19-20-30(33(4,5)6)31(29)34(7,25-15-11-12-16-25)24-13-9-8-10-14-24/h8-21,25H,22H2,1-7H3. The Hall–Kier alpha value is -2.86. The first kappa shape index (κ1) is 22.9. The molecule has 0 fully saturated rings. The SMILES string of the molecule is CC(C)(C)c1ccc2c(c1)Cc1c-2ccc(C(C)(C)C)c1C(C)(c1ccccc1)C1C=CC=C1. The monoisotopic (exact) mass is 446 g/mol. The minimum absolute atomic E-state index is 0.0534. The van der Waals surface area contributed by atoms with Gasteiger partial charge < -0.3 is 0 Å². The van der Waals surface area contributed by atoms with Crippen molar-refractivity contribution in [2.75, 3.05) is 0 Å². The number of hydrogen-bond acceptors (Lipinski definition) is 0. The Bertz CT molecular complexity index is 1280. The molecule has 0 amide bonds. The van der Waals surface area contributed by atoms with Crippen molar-refractivity contribution in [1.29, 1.82) is 0 Å². The van der Waals surface area contributed by atoms with E-state index in [0.717, 1.165) is 6.42 Å². The topological polar surface area (TPSA) is 0 Å². The van der Waals surface area contributed by atoms with Gasteiger partial charge in [0.15, 0.2) is 0 Å². The van der Waals surface area contributed by atoms with Crippen molar-refractivity contribution in [2.24, 2.45) is 5.92 Å². The van der Waals surface area contributed by atoms with Gasteiger partial charge >= 0.3 is 0 Å². The van der Waals surface area contributed by atoms with Crippen molar-refractivity contribution in [3.63, 3.8) is 0 Å². The minimum Gasteiger partial charge on any atom is -0.0764 e. The third-order valence-corrected chi connectivity index (χ3v) is 8.06. The maximum Gasteiger partial charge on any atom is 0.0278 e. The molecule has 2 aliphatic carbocycles. The van der Waals surface area contributed by atoms with Crippen molar-refractivity contribution in [1.82, 2.24) is 0 Å². The van der Waals surface area contributed by atoms with E-state index in [1.54, 1.807) is 0 Å². The van der Waals surface area contributed by atoms with Crippen LogP contribution in [0, 0.1) is 5.92 Å². The molecule has 0 spiro atoms. The molecule has 1 atom stereocenters. The van der Waals surface area contributed by atoms with Crippen LogP contribution in [0.2, 0.25) is 0 Å². The van der Waals surface area contributed by atoms with E-state index >= 15 is 0 Å². The first-order chi connectivity index (χ1) is 16.0. The van der Waals surface area contributed by atoms with Gasteiger partial charge in [0.25, 0.3) is 0 Å². The molecule has 0 aliphatic heterocycles. The summed E-state index contributed by atoms with van der Waals surface area (Å²) < 4.78 is 0. The average molecular weight is 447 g/mol. The lowest BCUT2D eigenvalue weighted by atomic mass is 9.62. The third kappa shape index (κ3) is 3.59. The van der Waals surface area contributed by atoms with Crippen LogP contribution in [0.15, 0.2) is 85.0 Å². The first-order valence-corrected chi connectivity index (χ1v) is 12.7. The van der Waals surface area contributed by atoms with E-state index in [0.29, 0.717) is 5.92 Å². The normalized spacial score (nSPS) is 17.0. The molecule has 0 N–H and O–H groups in total. The van der Waals surface area contributed by atoms with Gasteiger partial charge in [-0.3, -0.25) is 0 Å². The second-order valence-corrected chi connectivity index (χ2v) is 12.4. The van der Waals surface area contributed by atoms with E-state index < -0.39 is 0 Å². The second-order valence-electron chi connectivity index (χ2n) is 12.4. The van der Waals surface area contributed by atoms with Crippen LogP contribution < -0.4 is 0 Å². The van der Waals surface area contributed by atoms with Gasteiger partial charge in [0, 0.05) is 11.3 Å². The number of benzene rings is 3. The predicted molar refractivity (Wildman–Crippen MR) is 147 cm³/mol. The fourth-order valence-electron chi connectivity index (χ4n) is 6.07. The van der Waals surface area contributed by atoms with Gasteiger partial charge in [-0.1, -0.05) is 133 Å². The Morgan fingerprint density at radius 3 is 1.91 bits per heavy atom. The lowest BCUT2D eigenvalue weighted by Crippen LogP contribution is -2.35. The molecular weight excluding hydrogens is 408 g/mol. The summed E-state index contributed by atoms with van der Waals surface area (Å²) in [5.74, 6) is 0.330. The molecule has 0 heteroatoms. The zero-order valence-electron chi connectivity index (χ0n) is 21.9. The molecule has 1 unspecified atom stereocenters. The van der Waals surface area contributed by atoms with Crippen molar-refractivity contribution < 1.29 is 0 Å². The van der Waals surface area contributed by atoms with Crippen LogP contribution in [0.25, 0.3) is 11.1 Å². The van der Waals surface area contributed by atoms with Gasteiger partial charge in [-0.2, -0.15) is 0 Å². The van der Waals surface area contributed by atoms with Crippen molar-refractivity contribution in [3.8, 4) is 11.1 Å². The number of fused-ring (bicyclic) bond motifs is 3. The van der Waals surface area contributed by atoms with E-state index in [-0.39, 0.29) is 16.2 Å². The highest BCUT2D eigenvalue weighted by Gasteiger charge is 2.42. The van der Waals surface area contributed by atoms with E-state index in [9.17, 15) is 0 Å². The van der Waals surface area contributed by atoms with Crippen LogP contribution in [-0.4, -0.2) is 0 Å². The number of rotatable bonds is 3. The Morgan fingerprint density at radius 2 is 1.29 bits per heavy atom. The second kappa shape index (κ2) is 7.84. The molecule has 0 aromatic heterocycles. The van der Waals surface area contributed by atoms with Crippen LogP contribution in [0.1, 0.15) is 81.8 Å². The molecule has 0 bridgehead atoms. The lowest BCUT2D eigenvalue weighted by molar-refractivity contribution is 0.463. The Labute approximate surface area is 206 Å². The highest BCUT2D eigenvalue weighted by molar-refractivity contribution is 5.80. The fraction of sp³-hybridized carbons (Fsp3) is 0.353. The molecule has 0 nitrogen and oxygen atoms in total. The van der Waals surface area contributed by atoms with Crippen LogP contribution in [0.5, 0.6) is 0 Å². The van der Waals surface area contributed by atoms with Crippen molar-refractivity contribution >= 4 is 0 Å². The molecular formula is C34H38. The van der Waals surface area contributed by atoms with E-state index in [1.807, 2.05) is 0 Å². The third-order valence-electron chi connectivity index (χ3n) is 8.06. The molecule has 0 saturated carbocycles. The van der Waals surface area contributed by atoms with E-state index in [2.05, 4.69) is 133 Å². The van der Waals surface area contributed by atoms with Crippen LogP contribution >= 0.6 is 0 Å². The van der Waals surface area contributed by atoms with Gasteiger partial charge in [0.05, 0.1) is 0 Å². The summed E-state index contributed by atoms with van der Waals surface area (Å²) in [6, 6.07) is 23.2. The summed E-state index contributed by atoms with van der Waals surface area (Å²) in [6.07, 6.45) is 10.2. The molecule has 2 aliphatic rings. The zero-order chi connectivity index (χ0) is 24.3. The molecule has 0 radical (unpaired) electrons. The highest BCUT2D eigenvalue weighted by Crippen LogP contribution is 2.52. The maximum atomic E-state index is 2.47. The quantitative estimate of drug-likeness (QED) is 0.295. The molecule has 174 valence electrons. The molecule has 0 saturated heterocycles. The summed E-state index contributed by atoms with van der Waals surface area (Å²) in [5, 5.41) is 0. The molecule has 5 rings (SSSR count). The minimum atomic E-state index is -0.145. The summed E-state index contributed by atoms with van der Waals surface area (Å²) in [6.45, 7) is 16.5. The molecule has 0 heterocycles. The molecule has 34 heavy (non-hydrogen) atoms. The van der Waals surface area contributed by atoms with E-state index in [4.69, 9.17) is 0 Å². The predicted octanol–water partition coefficient (Wildman–Crippen LogP) is 8.90. The van der Waals surface area contributed by atoms with E-state index in [1.165, 1.54) is 44.5 Å².